The van der Waals surface area contributed by atoms with E-state index >= 15 is 0 Å². The van der Waals surface area contributed by atoms with Crippen LogP contribution >= 0.6 is 11.8 Å². The van der Waals surface area contributed by atoms with Gasteiger partial charge >= 0.3 is 0 Å². The van der Waals surface area contributed by atoms with Gasteiger partial charge in [0.2, 0.25) is 0 Å². The smallest absolute Gasteiger partial charge is 0.192 e. The van der Waals surface area contributed by atoms with Gasteiger partial charge in [-0.25, -0.2) is 0 Å². The van der Waals surface area contributed by atoms with Crippen molar-refractivity contribution in [3.63, 3.8) is 0 Å². The molecule has 0 amide bonds. The van der Waals surface area contributed by atoms with Crippen molar-refractivity contribution in [3.8, 4) is 11.4 Å². The minimum atomic E-state index is -0.223. The summed E-state index contributed by atoms with van der Waals surface area (Å²) in [6, 6.07) is 13.8. The van der Waals surface area contributed by atoms with Gasteiger partial charge in [0.1, 0.15) is 0 Å². The number of nitrogens with zero attached hydrogens (tertiary/aromatic N) is 4. The van der Waals surface area contributed by atoms with Crippen molar-refractivity contribution in [1.29, 1.82) is 0 Å². The molecule has 0 spiro atoms. The Morgan fingerprint density at radius 2 is 1.75 bits per heavy atom. The number of carbonyl (C=O) groups excluding carboxylic acids is 1. The minimum absolute atomic E-state index is 0.120. The normalized spacial score (nSPS) is 16.0. The monoisotopic (exact) mass is 392 g/mol. The molecule has 3 aromatic rings. The van der Waals surface area contributed by atoms with Gasteiger partial charge in [-0.2, -0.15) is 0 Å². The highest BCUT2D eigenvalue weighted by molar-refractivity contribution is 8.00. The molecule has 1 unspecified atom stereocenters. The highest BCUT2D eigenvalue weighted by Gasteiger charge is 2.26. The first-order valence-electron chi connectivity index (χ1n) is 9.85. The Morgan fingerprint density at radius 3 is 2.46 bits per heavy atom. The molecule has 1 aliphatic rings. The summed E-state index contributed by atoms with van der Waals surface area (Å²) in [5.74, 6) is 0.991. The van der Waals surface area contributed by atoms with Crippen LogP contribution in [-0.2, 0) is 0 Å². The maximum Gasteiger partial charge on any atom is 0.192 e. The third-order valence-corrected chi connectivity index (χ3v) is 6.31. The molecule has 2 heterocycles. The second-order valence-corrected chi connectivity index (χ2v) is 8.50. The molecule has 6 heteroatoms. The maximum absolute atomic E-state index is 12.8. The molecular weight excluding hydrogens is 368 g/mol. The summed E-state index contributed by atoms with van der Waals surface area (Å²) in [5.41, 5.74) is 1.75. The fraction of sp³-hybridized carbons (Fsp3) is 0.364. The number of benzene rings is 1. The summed E-state index contributed by atoms with van der Waals surface area (Å²) in [6.07, 6.45) is 9.56. The van der Waals surface area contributed by atoms with Gasteiger partial charge in [-0.15, -0.1) is 10.2 Å². The van der Waals surface area contributed by atoms with E-state index in [0.29, 0.717) is 6.04 Å². The first-order chi connectivity index (χ1) is 13.7. The van der Waals surface area contributed by atoms with Crippen molar-refractivity contribution < 1.29 is 4.79 Å². The topological polar surface area (TPSA) is 60.7 Å². The largest absolute Gasteiger partial charge is 0.299 e. The third kappa shape index (κ3) is 4.02. The van der Waals surface area contributed by atoms with Crippen molar-refractivity contribution in [3.05, 3.63) is 60.4 Å². The average molecular weight is 393 g/mol. The van der Waals surface area contributed by atoms with E-state index in [1.807, 2.05) is 49.4 Å². The first kappa shape index (κ1) is 18.9. The van der Waals surface area contributed by atoms with Crippen LogP contribution in [0.15, 0.2) is 60.0 Å². The Morgan fingerprint density at radius 1 is 1.04 bits per heavy atom. The van der Waals surface area contributed by atoms with Crippen molar-refractivity contribution in [2.75, 3.05) is 0 Å². The van der Waals surface area contributed by atoms with Crippen LogP contribution in [0.3, 0.4) is 0 Å². The van der Waals surface area contributed by atoms with Crippen LogP contribution in [0.5, 0.6) is 0 Å². The van der Waals surface area contributed by atoms with E-state index in [0.717, 1.165) is 34.9 Å². The second kappa shape index (κ2) is 8.69. The predicted octanol–water partition coefficient (Wildman–Crippen LogP) is 5.21. The Labute approximate surface area is 169 Å². The summed E-state index contributed by atoms with van der Waals surface area (Å²) in [5, 5.41) is 9.59. The molecule has 0 bridgehead atoms. The number of rotatable bonds is 6. The molecule has 0 radical (unpaired) electrons. The van der Waals surface area contributed by atoms with Crippen LogP contribution in [0.1, 0.15) is 55.4 Å². The number of ketones is 1. The van der Waals surface area contributed by atoms with Crippen LogP contribution in [0, 0.1) is 0 Å². The first-order valence-corrected chi connectivity index (χ1v) is 10.7. The zero-order valence-electron chi connectivity index (χ0n) is 16.0. The summed E-state index contributed by atoms with van der Waals surface area (Å²) in [6.45, 7) is 1.95. The molecule has 144 valence electrons. The van der Waals surface area contributed by atoms with Gasteiger partial charge in [0, 0.05) is 29.6 Å². The summed E-state index contributed by atoms with van der Waals surface area (Å²) >= 11 is 1.51. The zero-order chi connectivity index (χ0) is 19.3. The van der Waals surface area contributed by atoms with E-state index in [4.69, 9.17) is 0 Å². The molecule has 5 nitrogen and oxygen atoms in total. The van der Waals surface area contributed by atoms with Crippen LogP contribution in [0.2, 0.25) is 0 Å². The van der Waals surface area contributed by atoms with E-state index in [-0.39, 0.29) is 11.0 Å². The Kier molecular flexibility index (Phi) is 5.86. The van der Waals surface area contributed by atoms with E-state index < -0.39 is 0 Å². The highest BCUT2D eigenvalue weighted by Crippen LogP contribution is 2.36. The van der Waals surface area contributed by atoms with Gasteiger partial charge in [0.15, 0.2) is 16.8 Å². The van der Waals surface area contributed by atoms with Gasteiger partial charge in [0.05, 0.1) is 5.25 Å². The average Bonchev–Trinajstić information content (AvgIpc) is 3.18. The Balaban J connectivity index is 1.65. The standard InChI is InChI=1S/C22H24N4OS/c1-16(20(27)17-8-4-2-5-9-17)28-22-25-24-21(18-12-14-23-15-13-18)26(22)19-10-6-3-7-11-19/h2,4-5,8-9,12-16,19H,3,6-7,10-11H2,1H3. The second-order valence-electron chi connectivity index (χ2n) is 7.19. The molecule has 1 atom stereocenters. The molecule has 4 rings (SSSR count). The maximum atomic E-state index is 12.8. The van der Waals surface area contributed by atoms with E-state index in [2.05, 4.69) is 19.7 Å². The SMILES string of the molecule is CC(Sc1nnc(-c2ccncc2)n1C1CCCCC1)C(=O)c1ccccc1. The lowest BCUT2D eigenvalue weighted by Crippen LogP contribution is -2.18. The zero-order valence-corrected chi connectivity index (χ0v) is 16.8. The lowest BCUT2D eigenvalue weighted by molar-refractivity contribution is 0.0994. The fourth-order valence-electron chi connectivity index (χ4n) is 3.77. The molecule has 1 fully saturated rings. The van der Waals surface area contributed by atoms with E-state index in [9.17, 15) is 4.79 Å². The number of aromatic nitrogens is 4. The number of thioether (sulfide) groups is 1. The highest BCUT2D eigenvalue weighted by atomic mass is 32.2. The Hall–Kier alpha value is -2.47. The molecule has 0 N–H and O–H groups in total. The van der Waals surface area contributed by atoms with Crippen molar-refractivity contribution in [2.45, 2.75) is 55.5 Å². The molecule has 0 aliphatic heterocycles. The minimum Gasteiger partial charge on any atom is -0.299 e. The van der Waals surface area contributed by atoms with Gasteiger partial charge in [-0.1, -0.05) is 61.4 Å². The van der Waals surface area contributed by atoms with Gasteiger partial charge in [0.25, 0.3) is 0 Å². The van der Waals surface area contributed by atoms with Crippen LogP contribution in [0.4, 0.5) is 0 Å². The lowest BCUT2D eigenvalue weighted by Gasteiger charge is -2.26. The van der Waals surface area contributed by atoms with Crippen molar-refractivity contribution >= 4 is 17.5 Å². The molecule has 1 aromatic carbocycles. The molecule has 1 saturated carbocycles. The Bertz CT molecular complexity index is 920. The quantitative estimate of drug-likeness (QED) is 0.426. The molecule has 28 heavy (non-hydrogen) atoms. The number of pyridine rings is 1. The molecule has 0 saturated heterocycles. The summed E-state index contributed by atoms with van der Waals surface area (Å²) < 4.78 is 2.26. The van der Waals surface area contributed by atoms with Crippen molar-refractivity contribution in [1.82, 2.24) is 19.7 Å². The lowest BCUT2D eigenvalue weighted by atomic mass is 9.95. The van der Waals surface area contributed by atoms with Crippen LogP contribution in [-0.4, -0.2) is 30.8 Å². The van der Waals surface area contributed by atoms with Crippen molar-refractivity contribution in [2.24, 2.45) is 0 Å². The van der Waals surface area contributed by atoms with Gasteiger partial charge < -0.3 is 0 Å². The summed E-state index contributed by atoms with van der Waals surface area (Å²) in [7, 11) is 0. The van der Waals surface area contributed by atoms with E-state index in [1.165, 1.54) is 31.0 Å². The van der Waals surface area contributed by atoms with E-state index in [1.54, 1.807) is 12.4 Å². The van der Waals surface area contributed by atoms with Gasteiger partial charge in [-0.3, -0.25) is 14.3 Å². The number of carbonyl (C=O) groups is 1. The number of hydrogen-bond acceptors (Lipinski definition) is 5. The number of Topliss-reactive ketones (excluding diaryl/α,β-unsaturated/α-hetero) is 1. The predicted molar refractivity (Wildman–Crippen MR) is 111 cm³/mol. The molecule has 1 aliphatic carbocycles. The van der Waals surface area contributed by atoms with Gasteiger partial charge in [-0.05, 0) is 31.9 Å². The molecule has 2 aromatic heterocycles. The fourth-order valence-corrected chi connectivity index (χ4v) is 4.77. The van der Waals surface area contributed by atoms with Crippen LogP contribution in [0.25, 0.3) is 11.4 Å². The molecular formula is C22H24N4OS. The number of hydrogen-bond donors (Lipinski definition) is 0. The summed E-state index contributed by atoms with van der Waals surface area (Å²) in [4.78, 5) is 16.9. The third-order valence-electron chi connectivity index (χ3n) is 5.25. The van der Waals surface area contributed by atoms with Crippen LogP contribution < -0.4 is 0 Å².